The molecule has 0 saturated carbocycles. The molecule has 120 valence electrons. The van der Waals surface area contributed by atoms with Crippen molar-refractivity contribution in [2.75, 3.05) is 6.61 Å². The van der Waals surface area contributed by atoms with Gasteiger partial charge in [-0.25, -0.2) is 8.78 Å². The summed E-state index contributed by atoms with van der Waals surface area (Å²) < 4.78 is 32.0. The largest absolute Gasteiger partial charge is 0.494 e. The van der Waals surface area contributed by atoms with E-state index in [0.29, 0.717) is 30.8 Å². The molecule has 0 saturated heterocycles. The van der Waals surface area contributed by atoms with Gasteiger partial charge in [0.2, 0.25) is 6.43 Å². The SMILES string of the molecule is CCCOc1ccc(C(O)(CCC)C(CC)C(F)F)cc1. The normalized spacial score (nSPS) is 15.8. The van der Waals surface area contributed by atoms with Crippen molar-refractivity contribution in [2.45, 2.75) is 58.5 Å². The average Bonchev–Trinajstić information content (AvgIpc) is 2.46. The van der Waals surface area contributed by atoms with E-state index in [2.05, 4.69) is 0 Å². The zero-order chi connectivity index (χ0) is 15.9. The number of halogens is 2. The highest BCUT2D eigenvalue weighted by Crippen LogP contribution is 2.40. The Morgan fingerprint density at radius 3 is 2.14 bits per heavy atom. The van der Waals surface area contributed by atoms with Crippen molar-refractivity contribution in [1.82, 2.24) is 0 Å². The number of aliphatic hydroxyl groups is 1. The zero-order valence-electron chi connectivity index (χ0n) is 13.1. The van der Waals surface area contributed by atoms with Gasteiger partial charge < -0.3 is 9.84 Å². The van der Waals surface area contributed by atoms with Gasteiger partial charge in [0.05, 0.1) is 18.1 Å². The van der Waals surface area contributed by atoms with E-state index in [0.717, 1.165) is 6.42 Å². The van der Waals surface area contributed by atoms with E-state index >= 15 is 0 Å². The standard InChI is InChI=1S/C17H26F2O2/c1-4-11-17(20,15(6-3)16(18)19)13-7-9-14(10-8-13)21-12-5-2/h7-10,15-16,20H,4-6,11-12H2,1-3H3. The summed E-state index contributed by atoms with van der Waals surface area (Å²) >= 11 is 0. The van der Waals surface area contributed by atoms with Crippen LogP contribution in [0.25, 0.3) is 0 Å². The molecule has 0 heterocycles. The van der Waals surface area contributed by atoms with Gasteiger partial charge in [0, 0.05) is 0 Å². The summed E-state index contributed by atoms with van der Waals surface area (Å²) in [5, 5.41) is 10.9. The van der Waals surface area contributed by atoms with Crippen molar-refractivity contribution in [3.63, 3.8) is 0 Å². The molecule has 2 unspecified atom stereocenters. The molecule has 1 rings (SSSR count). The van der Waals surface area contributed by atoms with E-state index in [1.807, 2.05) is 13.8 Å². The summed E-state index contributed by atoms with van der Waals surface area (Å²) in [6.45, 7) is 6.22. The lowest BCUT2D eigenvalue weighted by Gasteiger charge is -2.36. The highest BCUT2D eigenvalue weighted by molar-refractivity contribution is 5.31. The third kappa shape index (κ3) is 4.40. The number of alkyl halides is 2. The molecule has 0 bridgehead atoms. The maximum Gasteiger partial charge on any atom is 0.244 e. The van der Waals surface area contributed by atoms with Gasteiger partial charge in [0.25, 0.3) is 0 Å². The van der Waals surface area contributed by atoms with Crippen molar-refractivity contribution in [1.29, 1.82) is 0 Å². The molecule has 2 atom stereocenters. The molecule has 0 amide bonds. The molecular weight excluding hydrogens is 274 g/mol. The van der Waals surface area contributed by atoms with Gasteiger partial charge in [-0.15, -0.1) is 0 Å². The maximum absolute atomic E-state index is 13.3. The Labute approximate surface area is 126 Å². The molecule has 0 aliphatic carbocycles. The van der Waals surface area contributed by atoms with E-state index in [9.17, 15) is 13.9 Å². The smallest absolute Gasteiger partial charge is 0.244 e. The summed E-state index contributed by atoms with van der Waals surface area (Å²) in [6.07, 6.45) is -0.422. The second-order valence-corrected chi connectivity index (χ2v) is 5.40. The van der Waals surface area contributed by atoms with Crippen molar-refractivity contribution in [2.24, 2.45) is 5.92 Å². The zero-order valence-corrected chi connectivity index (χ0v) is 13.1. The van der Waals surface area contributed by atoms with Crippen LogP contribution in [0.1, 0.15) is 52.0 Å². The summed E-state index contributed by atoms with van der Waals surface area (Å²) in [5.41, 5.74) is -0.943. The van der Waals surface area contributed by atoms with Gasteiger partial charge in [-0.05, 0) is 37.0 Å². The van der Waals surface area contributed by atoms with Crippen LogP contribution in [0.15, 0.2) is 24.3 Å². The maximum atomic E-state index is 13.3. The average molecular weight is 300 g/mol. The van der Waals surface area contributed by atoms with Crippen molar-refractivity contribution < 1.29 is 18.6 Å². The van der Waals surface area contributed by atoms with Crippen molar-refractivity contribution in [3.05, 3.63) is 29.8 Å². The molecule has 21 heavy (non-hydrogen) atoms. The fourth-order valence-corrected chi connectivity index (χ4v) is 2.71. The summed E-state index contributed by atoms with van der Waals surface area (Å²) in [5.74, 6) is -0.357. The highest BCUT2D eigenvalue weighted by atomic mass is 19.3. The minimum atomic E-state index is -2.54. The lowest BCUT2D eigenvalue weighted by molar-refractivity contribution is -0.0975. The Morgan fingerprint density at radius 1 is 1.10 bits per heavy atom. The van der Waals surface area contributed by atoms with Crippen LogP contribution in [0.5, 0.6) is 5.75 Å². The van der Waals surface area contributed by atoms with Crippen molar-refractivity contribution >= 4 is 0 Å². The third-order valence-corrected chi connectivity index (χ3v) is 3.82. The minimum Gasteiger partial charge on any atom is -0.494 e. The second-order valence-electron chi connectivity index (χ2n) is 5.40. The number of hydrogen-bond acceptors (Lipinski definition) is 2. The van der Waals surface area contributed by atoms with Gasteiger partial charge in [0.15, 0.2) is 0 Å². The molecule has 0 aliphatic rings. The van der Waals surface area contributed by atoms with Gasteiger partial charge in [-0.1, -0.05) is 39.3 Å². The van der Waals surface area contributed by atoms with Gasteiger partial charge >= 0.3 is 0 Å². The first-order chi connectivity index (χ1) is 9.99. The summed E-state index contributed by atoms with van der Waals surface area (Å²) in [7, 11) is 0. The molecule has 1 aromatic rings. The summed E-state index contributed by atoms with van der Waals surface area (Å²) in [6, 6.07) is 6.88. The highest BCUT2D eigenvalue weighted by Gasteiger charge is 2.41. The number of ether oxygens (including phenoxy) is 1. The molecule has 2 nitrogen and oxygen atoms in total. The Kier molecular flexibility index (Phi) is 7.09. The molecule has 0 aromatic heterocycles. The quantitative estimate of drug-likeness (QED) is 0.713. The van der Waals surface area contributed by atoms with E-state index in [1.165, 1.54) is 0 Å². The first-order valence-corrected chi connectivity index (χ1v) is 7.73. The van der Waals surface area contributed by atoms with E-state index in [1.54, 1.807) is 31.2 Å². The number of hydrogen-bond donors (Lipinski definition) is 1. The summed E-state index contributed by atoms with van der Waals surface area (Å²) in [4.78, 5) is 0. The van der Waals surface area contributed by atoms with Crippen LogP contribution < -0.4 is 4.74 Å². The van der Waals surface area contributed by atoms with Gasteiger partial charge in [-0.2, -0.15) is 0 Å². The number of benzene rings is 1. The topological polar surface area (TPSA) is 29.5 Å². The van der Waals surface area contributed by atoms with Crippen LogP contribution in [0, 0.1) is 5.92 Å². The van der Waals surface area contributed by atoms with Gasteiger partial charge in [0.1, 0.15) is 5.75 Å². The molecule has 0 fully saturated rings. The Balaban J connectivity index is 3.03. The van der Waals surface area contributed by atoms with Crippen LogP contribution in [-0.2, 0) is 5.60 Å². The monoisotopic (exact) mass is 300 g/mol. The van der Waals surface area contributed by atoms with Gasteiger partial charge in [-0.3, -0.25) is 0 Å². The van der Waals surface area contributed by atoms with E-state index in [4.69, 9.17) is 4.74 Å². The molecule has 1 N–H and O–H groups in total. The second kappa shape index (κ2) is 8.32. The van der Waals surface area contributed by atoms with Crippen molar-refractivity contribution in [3.8, 4) is 5.75 Å². The molecule has 0 spiro atoms. The van der Waals surface area contributed by atoms with Crippen LogP contribution in [-0.4, -0.2) is 18.1 Å². The fourth-order valence-electron chi connectivity index (χ4n) is 2.71. The Hall–Kier alpha value is -1.16. The molecule has 0 radical (unpaired) electrons. The molecular formula is C17H26F2O2. The lowest BCUT2D eigenvalue weighted by Crippen LogP contribution is -2.39. The first-order valence-electron chi connectivity index (χ1n) is 7.73. The van der Waals surface area contributed by atoms with E-state index in [-0.39, 0.29) is 6.42 Å². The first kappa shape index (κ1) is 17.9. The fraction of sp³-hybridized carbons (Fsp3) is 0.647. The van der Waals surface area contributed by atoms with Crippen LogP contribution in [0.4, 0.5) is 8.78 Å². The lowest BCUT2D eigenvalue weighted by atomic mass is 9.77. The van der Waals surface area contributed by atoms with Crippen LogP contribution in [0.3, 0.4) is 0 Å². The third-order valence-electron chi connectivity index (χ3n) is 3.82. The predicted octanol–water partition coefficient (Wildman–Crippen LogP) is 4.75. The molecule has 1 aromatic carbocycles. The predicted molar refractivity (Wildman–Crippen MR) is 80.8 cm³/mol. The number of rotatable bonds is 9. The minimum absolute atomic E-state index is 0.238. The Bertz CT molecular complexity index is 406. The van der Waals surface area contributed by atoms with E-state index < -0.39 is 17.9 Å². The molecule has 4 heteroatoms. The van der Waals surface area contributed by atoms with Crippen LogP contribution in [0.2, 0.25) is 0 Å². The Morgan fingerprint density at radius 2 is 1.71 bits per heavy atom. The van der Waals surface area contributed by atoms with Crippen LogP contribution >= 0.6 is 0 Å². The molecule has 0 aliphatic heterocycles.